The highest BCUT2D eigenvalue weighted by Crippen LogP contribution is 2.31. The first-order valence-electron chi connectivity index (χ1n) is 6.89. The first-order chi connectivity index (χ1) is 9.81. The number of thiophene rings is 1. The van der Waals surface area contributed by atoms with Gasteiger partial charge in [0.05, 0.1) is 19.7 Å². The smallest absolute Gasteiger partial charge is 0.242 e. The summed E-state index contributed by atoms with van der Waals surface area (Å²) >= 11 is 9.82. The molecule has 21 heavy (non-hydrogen) atoms. The number of thiocarbonyl (C=S) groups is 1. The summed E-state index contributed by atoms with van der Waals surface area (Å²) in [4.78, 5) is 1.29. The molecule has 2 rings (SSSR count). The maximum absolute atomic E-state index is 12.6. The number of halogens is 1. The molecule has 8 heteroatoms. The summed E-state index contributed by atoms with van der Waals surface area (Å²) in [6.07, 6.45) is 5.35. The molecule has 1 fully saturated rings. The molecular weight excluding hydrogens is 392 g/mol. The predicted octanol–water partition coefficient (Wildman–Crippen LogP) is 3.33. The zero-order chi connectivity index (χ0) is 15.6. The van der Waals surface area contributed by atoms with Crippen molar-refractivity contribution in [3.05, 3.63) is 14.7 Å². The van der Waals surface area contributed by atoms with Crippen molar-refractivity contribution >= 4 is 54.5 Å². The normalized spacial score (nSPS) is 18.6. The summed E-state index contributed by atoms with van der Waals surface area (Å²) in [6.45, 7) is 1.79. The van der Waals surface area contributed by atoms with E-state index in [2.05, 4.69) is 20.7 Å². The van der Waals surface area contributed by atoms with Gasteiger partial charge in [0.1, 0.15) is 0 Å². The Morgan fingerprint density at radius 3 is 2.57 bits per heavy atom. The minimum Gasteiger partial charge on any atom is -0.392 e. The van der Waals surface area contributed by atoms with Crippen molar-refractivity contribution in [1.29, 1.82) is 0 Å². The van der Waals surface area contributed by atoms with E-state index in [1.54, 1.807) is 13.0 Å². The monoisotopic (exact) mass is 410 g/mol. The van der Waals surface area contributed by atoms with E-state index in [0.717, 1.165) is 34.3 Å². The van der Waals surface area contributed by atoms with Crippen LogP contribution in [-0.2, 0) is 10.0 Å². The van der Waals surface area contributed by atoms with Crippen molar-refractivity contribution in [3.63, 3.8) is 0 Å². The van der Waals surface area contributed by atoms with Crippen molar-refractivity contribution in [2.45, 2.75) is 50.0 Å². The third-order valence-electron chi connectivity index (χ3n) is 3.84. The zero-order valence-corrected chi connectivity index (χ0v) is 15.8. The standard InChI is InChI=1S/C13H19BrN2O2S3/c1-8-10(7-11(14)20-8)21(17,18)16-12(13(15)19)9-5-3-2-4-6-9/h7,9,12,16H,2-6H2,1H3,(H2,15,19). The molecule has 0 spiro atoms. The van der Waals surface area contributed by atoms with Crippen LogP contribution >= 0.6 is 39.5 Å². The van der Waals surface area contributed by atoms with Crippen LogP contribution in [0.4, 0.5) is 0 Å². The number of nitrogens with one attached hydrogen (secondary N) is 1. The van der Waals surface area contributed by atoms with Crippen LogP contribution in [0.25, 0.3) is 0 Å². The average Bonchev–Trinajstić information content (AvgIpc) is 2.77. The van der Waals surface area contributed by atoms with Crippen molar-refractivity contribution in [1.82, 2.24) is 4.72 Å². The van der Waals surface area contributed by atoms with Gasteiger partial charge in [-0.3, -0.25) is 0 Å². The lowest BCUT2D eigenvalue weighted by Crippen LogP contribution is -2.48. The van der Waals surface area contributed by atoms with Crippen molar-refractivity contribution in [2.75, 3.05) is 0 Å². The lowest BCUT2D eigenvalue weighted by molar-refractivity contribution is 0.330. The van der Waals surface area contributed by atoms with E-state index < -0.39 is 16.1 Å². The molecule has 1 heterocycles. The van der Waals surface area contributed by atoms with Gasteiger partial charge in [0, 0.05) is 4.88 Å². The van der Waals surface area contributed by atoms with Crippen LogP contribution in [-0.4, -0.2) is 19.4 Å². The summed E-state index contributed by atoms with van der Waals surface area (Å²) in [5, 5.41) is 0. The molecule has 1 unspecified atom stereocenters. The first kappa shape index (κ1) is 17.3. The minimum absolute atomic E-state index is 0.202. The third-order valence-corrected chi connectivity index (χ3v) is 7.35. The van der Waals surface area contributed by atoms with Gasteiger partial charge in [0.25, 0.3) is 0 Å². The van der Waals surface area contributed by atoms with E-state index in [9.17, 15) is 8.42 Å². The summed E-state index contributed by atoms with van der Waals surface area (Å²) in [7, 11) is -3.60. The SMILES string of the molecule is Cc1sc(Br)cc1S(=O)(=O)NC(C(N)=S)C1CCCCC1. The first-order valence-corrected chi connectivity index (χ1v) is 10.4. The highest BCUT2D eigenvalue weighted by Gasteiger charge is 2.31. The third kappa shape index (κ3) is 4.25. The van der Waals surface area contributed by atoms with Gasteiger partial charge in [-0.15, -0.1) is 11.3 Å². The summed E-state index contributed by atoms with van der Waals surface area (Å²) in [5.41, 5.74) is 5.79. The molecule has 3 N–H and O–H groups in total. The lowest BCUT2D eigenvalue weighted by atomic mass is 9.84. The van der Waals surface area contributed by atoms with Gasteiger partial charge in [-0.1, -0.05) is 31.5 Å². The Morgan fingerprint density at radius 2 is 2.10 bits per heavy atom. The average molecular weight is 411 g/mol. The Hall–Kier alpha value is -0.0200. The highest BCUT2D eigenvalue weighted by atomic mass is 79.9. The van der Waals surface area contributed by atoms with Gasteiger partial charge in [-0.2, -0.15) is 0 Å². The molecule has 1 aromatic rings. The molecule has 0 saturated heterocycles. The summed E-state index contributed by atoms with van der Waals surface area (Å²) in [6, 6.07) is 1.17. The maximum Gasteiger partial charge on any atom is 0.242 e. The Bertz CT molecular complexity index is 621. The Morgan fingerprint density at radius 1 is 1.48 bits per heavy atom. The molecule has 118 valence electrons. The Kier molecular flexibility index (Phi) is 5.81. The summed E-state index contributed by atoms with van der Waals surface area (Å²) in [5.74, 6) is 0.202. The van der Waals surface area contributed by atoms with Gasteiger partial charge in [0.15, 0.2) is 0 Å². The number of nitrogens with two attached hydrogens (primary N) is 1. The fourth-order valence-electron chi connectivity index (χ4n) is 2.78. The second-order valence-corrected chi connectivity index (χ2v) is 10.2. The number of hydrogen-bond acceptors (Lipinski definition) is 4. The van der Waals surface area contributed by atoms with Crippen LogP contribution in [0, 0.1) is 12.8 Å². The molecule has 1 aliphatic rings. The van der Waals surface area contributed by atoms with Gasteiger partial charge in [-0.25, -0.2) is 13.1 Å². The van der Waals surface area contributed by atoms with Crippen LogP contribution in [0.15, 0.2) is 14.7 Å². The van der Waals surface area contributed by atoms with E-state index in [0.29, 0.717) is 4.90 Å². The molecule has 4 nitrogen and oxygen atoms in total. The van der Waals surface area contributed by atoms with Gasteiger partial charge in [-0.05, 0) is 47.7 Å². The molecule has 1 saturated carbocycles. The number of rotatable bonds is 5. The predicted molar refractivity (Wildman–Crippen MR) is 94.2 cm³/mol. The molecule has 1 aromatic heterocycles. The topological polar surface area (TPSA) is 72.2 Å². The van der Waals surface area contributed by atoms with E-state index >= 15 is 0 Å². The van der Waals surface area contributed by atoms with Crippen LogP contribution < -0.4 is 10.5 Å². The van der Waals surface area contributed by atoms with Crippen LogP contribution in [0.1, 0.15) is 37.0 Å². The zero-order valence-electron chi connectivity index (χ0n) is 11.8. The van der Waals surface area contributed by atoms with Gasteiger partial charge in [0.2, 0.25) is 10.0 Å². The lowest BCUT2D eigenvalue weighted by Gasteiger charge is -2.29. The van der Waals surface area contributed by atoms with Crippen LogP contribution in [0.3, 0.4) is 0 Å². The molecule has 0 bridgehead atoms. The van der Waals surface area contributed by atoms with E-state index in [4.69, 9.17) is 18.0 Å². The van der Waals surface area contributed by atoms with E-state index in [-0.39, 0.29) is 10.9 Å². The highest BCUT2D eigenvalue weighted by molar-refractivity contribution is 9.11. The molecule has 0 aliphatic heterocycles. The second kappa shape index (κ2) is 7.04. The number of hydrogen-bond donors (Lipinski definition) is 2. The molecule has 1 atom stereocenters. The number of sulfonamides is 1. The molecule has 1 aliphatic carbocycles. The second-order valence-electron chi connectivity index (χ2n) is 5.37. The molecule has 0 radical (unpaired) electrons. The molecular formula is C13H19BrN2O2S3. The van der Waals surface area contributed by atoms with E-state index in [1.807, 2.05) is 0 Å². The number of aryl methyl sites for hydroxylation is 1. The van der Waals surface area contributed by atoms with Gasteiger partial charge < -0.3 is 5.73 Å². The fourth-order valence-corrected chi connectivity index (χ4v) is 6.81. The quantitative estimate of drug-likeness (QED) is 0.729. The fraction of sp³-hybridized carbons (Fsp3) is 0.615. The minimum atomic E-state index is -3.60. The Balaban J connectivity index is 2.23. The van der Waals surface area contributed by atoms with Crippen molar-refractivity contribution in [3.8, 4) is 0 Å². The molecule has 0 aromatic carbocycles. The maximum atomic E-state index is 12.6. The van der Waals surface area contributed by atoms with Crippen molar-refractivity contribution < 1.29 is 8.42 Å². The largest absolute Gasteiger partial charge is 0.392 e. The van der Waals surface area contributed by atoms with E-state index in [1.165, 1.54) is 17.8 Å². The molecule has 0 amide bonds. The Labute approximate surface area is 143 Å². The summed E-state index contributed by atoms with van der Waals surface area (Å²) < 4.78 is 28.7. The van der Waals surface area contributed by atoms with Crippen LogP contribution in [0.5, 0.6) is 0 Å². The van der Waals surface area contributed by atoms with Gasteiger partial charge >= 0.3 is 0 Å². The van der Waals surface area contributed by atoms with Crippen LogP contribution in [0.2, 0.25) is 0 Å². The van der Waals surface area contributed by atoms with Crippen molar-refractivity contribution in [2.24, 2.45) is 11.7 Å².